The lowest BCUT2D eigenvalue weighted by molar-refractivity contribution is -0.146. The van der Waals surface area contributed by atoms with Crippen molar-refractivity contribution in [3.8, 4) is 0 Å². The number of benzene rings is 2. The molecule has 0 aromatic heterocycles. The van der Waals surface area contributed by atoms with Gasteiger partial charge < -0.3 is 10.2 Å². The Labute approximate surface area is 130 Å². The third-order valence-electron chi connectivity index (χ3n) is 3.67. The standard InChI is InChI=1S/C18H20N2O2/c1-14(16-11-7-4-8-12-16)20(2)18(22)17(21)19-13-15-9-5-3-6-10-15/h3-12,14H,13H2,1-2H3,(H,19,21). The minimum Gasteiger partial charge on any atom is -0.344 e. The predicted molar refractivity (Wildman–Crippen MR) is 85.9 cm³/mol. The smallest absolute Gasteiger partial charge is 0.312 e. The van der Waals surface area contributed by atoms with E-state index in [4.69, 9.17) is 0 Å². The van der Waals surface area contributed by atoms with Crippen LogP contribution in [0.3, 0.4) is 0 Å². The van der Waals surface area contributed by atoms with Gasteiger partial charge in [-0.3, -0.25) is 9.59 Å². The highest BCUT2D eigenvalue weighted by Gasteiger charge is 2.23. The van der Waals surface area contributed by atoms with E-state index < -0.39 is 11.8 Å². The van der Waals surface area contributed by atoms with E-state index in [2.05, 4.69) is 5.32 Å². The first kappa shape index (κ1) is 15.8. The van der Waals surface area contributed by atoms with E-state index >= 15 is 0 Å². The maximum atomic E-state index is 12.2. The molecule has 114 valence electrons. The SMILES string of the molecule is CC(c1ccccc1)N(C)C(=O)C(=O)NCc1ccccc1. The van der Waals surface area contributed by atoms with Crippen LogP contribution in [-0.2, 0) is 16.1 Å². The van der Waals surface area contributed by atoms with Crippen LogP contribution in [0, 0.1) is 0 Å². The molecule has 2 amide bonds. The molecule has 0 spiro atoms. The number of amides is 2. The Kier molecular flexibility index (Phi) is 5.31. The molecule has 4 heteroatoms. The molecule has 0 saturated carbocycles. The Morgan fingerprint density at radius 1 is 1.00 bits per heavy atom. The van der Waals surface area contributed by atoms with Crippen molar-refractivity contribution in [2.75, 3.05) is 7.05 Å². The van der Waals surface area contributed by atoms with E-state index in [-0.39, 0.29) is 6.04 Å². The van der Waals surface area contributed by atoms with Gasteiger partial charge in [-0.2, -0.15) is 0 Å². The van der Waals surface area contributed by atoms with Crippen LogP contribution in [0.1, 0.15) is 24.1 Å². The number of likely N-dealkylation sites (N-methyl/N-ethyl adjacent to an activating group) is 1. The monoisotopic (exact) mass is 296 g/mol. The number of hydrogen-bond donors (Lipinski definition) is 1. The second-order valence-corrected chi connectivity index (χ2v) is 5.17. The minimum atomic E-state index is -0.589. The second kappa shape index (κ2) is 7.41. The lowest BCUT2D eigenvalue weighted by Crippen LogP contribution is -2.41. The van der Waals surface area contributed by atoms with Crippen molar-refractivity contribution < 1.29 is 9.59 Å². The van der Waals surface area contributed by atoms with Crippen molar-refractivity contribution in [1.82, 2.24) is 10.2 Å². The molecule has 2 aromatic carbocycles. The number of nitrogens with one attached hydrogen (secondary N) is 1. The number of hydrogen-bond acceptors (Lipinski definition) is 2. The van der Waals surface area contributed by atoms with Gasteiger partial charge in [-0.05, 0) is 18.1 Å². The van der Waals surface area contributed by atoms with Gasteiger partial charge in [-0.1, -0.05) is 60.7 Å². The first-order valence-corrected chi connectivity index (χ1v) is 7.23. The van der Waals surface area contributed by atoms with E-state index in [1.165, 1.54) is 4.90 Å². The van der Waals surface area contributed by atoms with Crippen LogP contribution in [0.4, 0.5) is 0 Å². The maximum Gasteiger partial charge on any atom is 0.312 e. The molecule has 0 aliphatic rings. The number of nitrogens with zero attached hydrogens (tertiary/aromatic N) is 1. The average molecular weight is 296 g/mol. The van der Waals surface area contributed by atoms with E-state index in [0.29, 0.717) is 6.54 Å². The zero-order chi connectivity index (χ0) is 15.9. The van der Waals surface area contributed by atoms with Crippen LogP contribution in [0.2, 0.25) is 0 Å². The van der Waals surface area contributed by atoms with Crippen LogP contribution < -0.4 is 5.32 Å². The second-order valence-electron chi connectivity index (χ2n) is 5.17. The first-order chi connectivity index (χ1) is 10.6. The zero-order valence-electron chi connectivity index (χ0n) is 12.8. The Balaban J connectivity index is 1.93. The number of carbonyl (C=O) groups excluding carboxylic acids is 2. The average Bonchev–Trinajstić information content (AvgIpc) is 2.59. The molecule has 0 saturated heterocycles. The van der Waals surface area contributed by atoms with E-state index in [1.54, 1.807) is 7.05 Å². The molecule has 0 heterocycles. The highest BCUT2D eigenvalue weighted by atomic mass is 16.2. The van der Waals surface area contributed by atoms with Gasteiger partial charge in [0.25, 0.3) is 0 Å². The molecule has 4 nitrogen and oxygen atoms in total. The Morgan fingerprint density at radius 3 is 2.14 bits per heavy atom. The summed E-state index contributed by atoms with van der Waals surface area (Å²) in [5, 5.41) is 2.66. The summed E-state index contributed by atoms with van der Waals surface area (Å²) in [6.45, 7) is 2.25. The van der Waals surface area contributed by atoms with Crippen molar-refractivity contribution in [1.29, 1.82) is 0 Å². The fourth-order valence-corrected chi connectivity index (χ4v) is 2.15. The minimum absolute atomic E-state index is 0.156. The topological polar surface area (TPSA) is 49.4 Å². The Hall–Kier alpha value is -2.62. The molecule has 22 heavy (non-hydrogen) atoms. The molecule has 0 radical (unpaired) electrons. The predicted octanol–water partition coefficient (Wildman–Crippen LogP) is 2.52. The van der Waals surface area contributed by atoms with Gasteiger partial charge in [0.15, 0.2) is 0 Å². The van der Waals surface area contributed by atoms with Crippen molar-refractivity contribution in [2.24, 2.45) is 0 Å². The van der Waals surface area contributed by atoms with Crippen LogP contribution >= 0.6 is 0 Å². The maximum absolute atomic E-state index is 12.2. The van der Waals surface area contributed by atoms with Gasteiger partial charge >= 0.3 is 11.8 Å². The lowest BCUT2D eigenvalue weighted by Gasteiger charge is -2.24. The molecule has 2 rings (SSSR count). The zero-order valence-corrected chi connectivity index (χ0v) is 12.8. The van der Waals surface area contributed by atoms with Gasteiger partial charge in [0.05, 0.1) is 6.04 Å². The van der Waals surface area contributed by atoms with Gasteiger partial charge in [0.2, 0.25) is 0 Å². The number of carbonyl (C=O) groups is 2. The fraction of sp³-hybridized carbons (Fsp3) is 0.222. The van der Waals surface area contributed by atoms with Crippen LogP contribution in [-0.4, -0.2) is 23.8 Å². The third kappa shape index (κ3) is 3.95. The molecule has 1 unspecified atom stereocenters. The molecule has 0 fully saturated rings. The van der Waals surface area contributed by atoms with E-state index in [0.717, 1.165) is 11.1 Å². The summed E-state index contributed by atoms with van der Waals surface area (Å²) in [4.78, 5) is 25.6. The van der Waals surface area contributed by atoms with Gasteiger partial charge in [-0.25, -0.2) is 0 Å². The van der Waals surface area contributed by atoms with Crippen LogP contribution in [0.15, 0.2) is 60.7 Å². The summed E-state index contributed by atoms with van der Waals surface area (Å²) in [5.74, 6) is -1.12. The molecule has 0 aliphatic carbocycles. The summed E-state index contributed by atoms with van der Waals surface area (Å²) >= 11 is 0. The molecular weight excluding hydrogens is 276 g/mol. The largest absolute Gasteiger partial charge is 0.344 e. The molecule has 0 bridgehead atoms. The van der Waals surface area contributed by atoms with E-state index in [9.17, 15) is 9.59 Å². The normalized spacial score (nSPS) is 11.5. The Bertz CT molecular complexity index is 626. The van der Waals surface area contributed by atoms with Crippen LogP contribution in [0.5, 0.6) is 0 Å². The van der Waals surface area contributed by atoms with E-state index in [1.807, 2.05) is 67.6 Å². The highest BCUT2D eigenvalue weighted by Crippen LogP contribution is 2.18. The summed E-state index contributed by atoms with van der Waals surface area (Å²) in [6, 6.07) is 19.0. The number of rotatable bonds is 4. The quantitative estimate of drug-likeness (QED) is 0.881. The molecule has 0 aliphatic heterocycles. The molecule has 1 atom stereocenters. The van der Waals surface area contributed by atoms with Crippen molar-refractivity contribution in [2.45, 2.75) is 19.5 Å². The van der Waals surface area contributed by atoms with Gasteiger partial charge in [0.1, 0.15) is 0 Å². The molecule has 1 N–H and O–H groups in total. The highest BCUT2D eigenvalue weighted by molar-refractivity contribution is 6.34. The summed E-state index contributed by atoms with van der Waals surface area (Å²) in [6.07, 6.45) is 0. The Morgan fingerprint density at radius 2 is 1.55 bits per heavy atom. The summed E-state index contributed by atoms with van der Waals surface area (Å²) in [7, 11) is 1.64. The summed E-state index contributed by atoms with van der Waals surface area (Å²) < 4.78 is 0. The van der Waals surface area contributed by atoms with Gasteiger partial charge in [0, 0.05) is 13.6 Å². The fourth-order valence-electron chi connectivity index (χ4n) is 2.15. The first-order valence-electron chi connectivity index (χ1n) is 7.23. The van der Waals surface area contributed by atoms with Crippen molar-refractivity contribution >= 4 is 11.8 Å². The summed E-state index contributed by atoms with van der Waals surface area (Å²) in [5.41, 5.74) is 1.96. The molecular formula is C18H20N2O2. The van der Waals surface area contributed by atoms with Crippen molar-refractivity contribution in [3.63, 3.8) is 0 Å². The third-order valence-corrected chi connectivity index (χ3v) is 3.67. The lowest BCUT2D eigenvalue weighted by atomic mass is 10.1. The van der Waals surface area contributed by atoms with Gasteiger partial charge in [-0.15, -0.1) is 0 Å². The van der Waals surface area contributed by atoms with Crippen molar-refractivity contribution in [3.05, 3.63) is 71.8 Å². The van der Waals surface area contributed by atoms with Crippen LogP contribution in [0.25, 0.3) is 0 Å². The molecule has 2 aromatic rings.